The second-order valence-electron chi connectivity index (χ2n) is 6.18. The molecule has 2 atom stereocenters. The van der Waals surface area contributed by atoms with Crippen molar-refractivity contribution in [2.45, 2.75) is 39.2 Å². The lowest BCUT2D eigenvalue weighted by Crippen LogP contribution is -2.48. The van der Waals surface area contributed by atoms with E-state index >= 15 is 0 Å². The van der Waals surface area contributed by atoms with Crippen LogP contribution < -0.4 is 10.1 Å². The quantitative estimate of drug-likeness (QED) is 0.878. The first-order chi connectivity index (χ1) is 10.6. The zero-order chi connectivity index (χ0) is 15.9. The van der Waals surface area contributed by atoms with Crippen LogP contribution in [0.1, 0.15) is 31.7 Å². The number of amides is 1. The molecule has 0 aromatic heterocycles. The Bertz CT molecular complexity index is 488. The molecule has 22 heavy (non-hydrogen) atoms. The van der Waals surface area contributed by atoms with Crippen molar-refractivity contribution in [1.82, 2.24) is 10.2 Å². The van der Waals surface area contributed by atoms with Crippen LogP contribution >= 0.6 is 0 Å². The number of likely N-dealkylation sites (tertiary alicyclic amines) is 1. The minimum Gasteiger partial charge on any atom is -0.481 e. The van der Waals surface area contributed by atoms with Gasteiger partial charge < -0.3 is 15.0 Å². The van der Waals surface area contributed by atoms with Gasteiger partial charge in [-0.15, -0.1) is 0 Å². The summed E-state index contributed by atoms with van der Waals surface area (Å²) >= 11 is 0. The number of nitrogens with one attached hydrogen (secondary N) is 1. The molecular formula is C18H28N2O2. The Morgan fingerprint density at radius 1 is 1.50 bits per heavy atom. The van der Waals surface area contributed by atoms with Crippen LogP contribution in [-0.4, -0.2) is 43.6 Å². The second-order valence-corrected chi connectivity index (χ2v) is 6.18. The van der Waals surface area contributed by atoms with Gasteiger partial charge in [0.25, 0.3) is 5.91 Å². The number of rotatable bonds is 6. The van der Waals surface area contributed by atoms with E-state index in [2.05, 4.69) is 5.32 Å². The number of hydrogen-bond donors (Lipinski definition) is 1. The molecule has 0 aliphatic carbocycles. The maximum Gasteiger partial charge on any atom is 0.263 e. The van der Waals surface area contributed by atoms with Gasteiger partial charge in [-0.25, -0.2) is 0 Å². The average Bonchev–Trinajstić information content (AvgIpc) is 2.52. The topological polar surface area (TPSA) is 41.6 Å². The molecule has 2 unspecified atom stereocenters. The molecule has 4 heteroatoms. The number of carbonyl (C=O) groups is 1. The molecule has 1 N–H and O–H groups in total. The first kappa shape index (κ1) is 16.8. The van der Waals surface area contributed by atoms with Crippen molar-refractivity contribution >= 4 is 5.91 Å². The third-order valence-corrected chi connectivity index (χ3v) is 4.24. The summed E-state index contributed by atoms with van der Waals surface area (Å²) in [7, 11) is 1.97. The molecule has 0 radical (unpaired) electrons. The lowest BCUT2D eigenvalue weighted by atomic mass is 9.97. The summed E-state index contributed by atoms with van der Waals surface area (Å²) < 4.78 is 5.95. The van der Waals surface area contributed by atoms with Gasteiger partial charge in [0.1, 0.15) is 5.75 Å². The molecule has 2 rings (SSSR count). The fourth-order valence-corrected chi connectivity index (χ4v) is 3.09. The smallest absolute Gasteiger partial charge is 0.263 e. The number of benzene rings is 1. The number of aryl methyl sites for hydroxylation is 1. The van der Waals surface area contributed by atoms with Crippen LogP contribution in [0.2, 0.25) is 0 Å². The Balaban J connectivity index is 1.99. The van der Waals surface area contributed by atoms with Crippen molar-refractivity contribution in [3.8, 4) is 5.75 Å². The molecule has 122 valence electrons. The van der Waals surface area contributed by atoms with E-state index in [4.69, 9.17) is 4.74 Å². The normalized spacial score (nSPS) is 19.8. The highest BCUT2D eigenvalue weighted by atomic mass is 16.5. The van der Waals surface area contributed by atoms with Crippen LogP contribution in [0.3, 0.4) is 0 Å². The van der Waals surface area contributed by atoms with E-state index in [1.165, 1.54) is 6.42 Å². The highest BCUT2D eigenvalue weighted by Gasteiger charge is 2.29. The molecule has 1 fully saturated rings. The number of piperidine rings is 1. The highest BCUT2D eigenvalue weighted by molar-refractivity contribution is 5.81. The van der Waals surface area contributed by atoms with Gasteiger partial charge in [-0.3, -0.25) is 4.79 Å². The van der Waals surface area contributed by atoms with Gasteiger partial charge in [-0.2, -0.15) is 0 Å². The number of nitrogens with zero attached hydrogens (tertiary/aromatic N) is 1. The fourth-order valence-electron chi connectivity index (χ4n) is 3.09. The molecule has 1 aromatic carbocycles. The van der Waals surface area contributed by atoms with Gasteiger partial charge in [0, 0.05) is 13.1 Å². The Kier molecular flexibility index (Phi) is 6.25. The standard InChI is InChI=1S/C18H28N2O2/c1-4-17(22-16-9-5-7-14(2)11-16)18(21)20-10-6-8-15(13-20)12-19-3/h5,7,9,11,15,17,19H,4,6,8,10,12-13H2,1-3H3. The maximum absolute atomic E-state index is 12.7. The van der Waals surface area contributed by atoms with Gasteiger partial charge in [0.2, 0.25) is 0 Å². The lowest BCUT2D eigenvalue weighted by molar-refractivity contribution is -0.140. The van der Waals surface area contributed by atoms with Gasteiger partial charge in [-0.1, -0.05) is 19.1 Å². The first-order valence-corrected chi connectivity index (χ1v) is 8.30. The van der Waals surface area contributed by atoms with Gasteiger partial charge in [0.15, 0.2) is 6.10 Å². The van der Waals surface area contributed by atoms with Crippen LogP contribution in [0, 0.1) is 12.8 Å². The highest BCUT2D eigenvalue weighted by Crippen LogP contribution is 2.20. The first-order valence-electron chi connectivity index (χ1n) is 8.30. The predicted octanol–water partition coefficient (Wildman–Crippen LogP) is 2.61. The van der Waals surface area contributed by atoms with Crippen molar-refractivity contribution in [3.05, 3.63) is 29.8 Å². The number of ether oxygens (including phenoxy) is 1. The number of carbonyl (C=O) groups excluding carboxylic acids is 1. The maximum atomic E-state index is 12.7. The molecule has 1 aliphatic heterocycles. The molecule has 4 nitrogen and oxygen atoms in total. The average molecular weight is 304 g/mol. The molecule has 1 amide bonds. The Morgan fingerprint density at radius 2 is 2.32 bits per heavy atom. The third-order valence-electron chi connectivity index (χ3n) is 4.24. The van der Waals surface area contributed by atoms with Crippen LogP contribution in [-0.2, 0) is 4.79 Å². The van der Waals surface area contributed by atoms with Crippen molar-refractivity contribution in [3.63, 3.8) is 0 Å². The van der Waals surface area contributed by atoms with E-state index in [1.54, 1.807) is 0 Å². The van der Waals surface area contributed by atoms with Gasteiger partial charge in [0.05, 0.1) is 0 Å². The summed E-state index contributed by atoms with van der Waals surface area (Å²) in [4.78, 5) is 14.7. The SMILES string of the molecule is CCC(Oc1cccc(C)c1)C(=O)N1CCCC(CNC)C1. The summed E-state index contributed by atoms with van der Waals surface area (Å²) in [5, 5.41) is 3.22. The molecule has 1 heterocycles. The zero-order valence-electron chi connectivity index (χ0n) is 14.0. The van der Waals surface area contributed by atoms with Crippen LogP contribution in [0.4, 0.5) is 0 Å². The zero-order valence-corrected chi connectivity index (χ0v) is 14.0. The molecule has 0 spiro atoms. The van der Waals surface area contributed by atoms with Crippen molar-refractivity contribution in [2.24, 2.45) is 5.92 Å². The molecule has 1 saturated heterocycles. The van der Waals surface area contributed by atoms with Crippen LogP contribution in [0.15, 0.2) is 24.3 Å². The molecule has 1 aliphatic rings. The predicted molar refractivity (Wildman–Crippen MR) is 89.1 cm³/mol. The Morgan fingerprint density at radius 3 is 3.00 bits per heavy atom. The fraction of sp³-hybridized carbons (Fsp3) is 0.611. The van der Waals surface area contributed by atoms with Crippen LogP contribution in [0.25, 0.3) is 0 Å². The van der Waals surface area contributed by atoms with E-state index in [9.17, 15) is 4.79 Å². The van der Waals surface area contributed by atoms with Crippen molar-refractivity contribution in [1.29, 1.82) is 0 Å². The molecule has 0 bridgehead atoms. The Hall–Kier alpha value is -1.55. The van der Waals surface area contributed by atoms with E-state index in [0.29, 0.717) is 12.3 Å². The Labute approximate surface area is 133 Å². The molecule has 1 aromatic rings. The van der Waals surface area contributed by atoms with Crippen LogP contribution in [0.5, 0.6) is 5.75 Å². The summed E-state index contributed by atoms with van der Waals surface area (Å²) in [6.45, 7) is 6.70. The van der Waals surface area contributed by atoms with E-state index in [-0.39, 0.29) is 12.0 Å². The van der Waals surface area contributed by atoms with E-state index in [1.807, 2.05) is 50.1 Å². The van der Waals surface area contributed by atoms with Gasteiger partial charge >= 0.3 is 0 Å². The van der Waals surface area contributed by atoms with E-state index in [0.717, 1.165) is 37.4 Å². The van der Waals surface area contributed by atoms with Gasteiger partial charge in [-0.05, 0) is 63.4 Å². The summed E-state index contributed by atoms with van der Waals surface area (Å²) in [5.41, 5.74) is 1.15. The molecular weight excluding hydrogens is 276 g/mol. The third kappa shape index (κ3) is 4.47. The van der Waals surface area contributed by atoms with E-state index < -0.39 is 0 Å². The summed E-state index contributed by atoms with van der Waals surface area (Å²) in [5.74, 6) is 1.47. The molecule has 0 saturated carbocycles. The van der Waals surface area contributed by atoms with Crippen molar-refractivity contribution in [2.75, 3.05) is 26.7 Å². The van der Waals surface area contributed by atoms with Crippen molar-refractivity contribution < 1.29 is 9.53 Å². The second kappa shape index (κ2) is 8.18. The monoisotopic (exact) mass is 304 g/mol. The minimum atomic E-state index is -0.380. The minimum absolute atomic E-state index is 0.129. The lowest BCUT2D eigenvalue weighted by Gasteiger charge is -2.34. The largest absolute Gasteiger partial charge is 0.481 e. The summed E-state index contributed by atoms with van der Waals surface area (Å²) in [6, 6.07) is 7.90. The summed E-state index contributed by atoms with van der Waals surface area (Å²) in [6.07, 6.45) is 2.59. The number of hydrogen-bond acceptors (Lipinski definition) is 3.